The number of hydrogen-bond donors (Lipinski definition) is 1. The summed E-state index contributed by atoms with van der Waals surface area (Å²) in [5, 5.41) is 17.3. The van der Waals surface area contributed by atoms with Gasteiger partial charge in [0.1, 0.15) is 0 Å². The molecule has 3 nitrogen and oxygen atoms in total. The number of carboxylic acids is 1. The quantitative estimate of drug-likeness (QED) is 0.900. The van der Waals surface area contributed by atoms with Gasteiger partial charge in [-0.05, 0) is 24.1 Å². The molecular weight excluding hydrogens is 246 g/mol. The van der Waals surface area contributed by atoms with Gasteiger partial charge in [0, 0.05) is 10.9 Å². The maximum atomic E-state index is 10.3. The van der Waals surface area contributed by atoms with E-state index in [9.17, 15) is 4.79 Å². The molecule has 4 heteroatoms. The average Bonchev–Trinajstić information content (AvgIpc) is 2.15. The topological polar surface area (TPSA) is 61.1 Å². The molecule has 0 bridgehead atoms. The number of carbonyl (C=O) groups is 1. The second kappa shape index (κ2) is 4.77. The molecule has 72 valence electrons. The van der Waals surface area contributed by atoms with Crippen LogP contribution in [-0.4, -0.2) is 11.1 Å². The smallest absolute Gasteiger partial charge is 0.303 e. The Morgan fingerprint density at radius 3 is 2.86 bits per heavy atom. The van der Waals surface area contributed by atoms with Crippen LogP contribution in [0.2, 0.25) is 0 Å². The summed E-state index contributed by atoms with van der Waals surface area (Å²) in [5.41, 5.74) is 1.30. The highest BCUT2D eigenvalue weighted by atomic mass is 79.9. The number of benzene rings is 1. The third kappa shape index (κ3) is 2.86. The number of halogens is 1. The Kier molecular flexibility index (Phi) is 3.66. The normalized spacial score (nSPS) is 9.43. The van der Waals surface area contributed by atoms with Crippen molar-refractivity contribution in [2.45, 2.75) is 12.8 Å². The summed E-state index contributed by atoms with van der Waals surface area (Å²) < 4.78 is 0.827. The Bertz CT molecular complexity index is 396. The third-order valence-electron chi connectivity index (χ3n) is 1.80. The van der Waals surface area contributed by atoms with Crippen LogP contribution < -0.4 is 0 Å². The first-order valence-electron chi connectivity index (χ1n) is 4.04. The molecule has 1 N–H and O–H groups in total. The Morgan fingerprint density at radius 2 is 2.29 bits per heavy atom. The van der Waals surface area contributed by atoms with E-state index in [1.54, 1.807) is 18.2 Å². The van der Waals surface area contributed by atoms with E-state index >= 15 is 0 Å². The van der Waals surface area contributed by atoms with Crippen molar-refractivity contribution in [3.05, 3.63) is 33.8 Å². The monoisotopic (exact) mass is 253 g/mol. The Labute approximate surface area is 90.1 Å². The second-order valence-corrected chi connectivity index (χ2v) is 3.72. The van der Waals surface area contributed by atoms with Crippen molar-refractivity contribution in [2.75, 3.05) is 0 Å². The molecule has 0 heterocycles. The predicted molar refractivity (Wildman–Crippen MR) is 54.8 cm³/mol. The van der Waals surface area contributed by atoms with Crippen LogP contribution in [0.3, 0.4) is 0 Å². The summed E-state index contributed by atoms with van der Waals surface area (Å²) in [7, 11) is 0. The van der Waals surface area contributed by atoms with E-state index in [1.165, 1.54) is 0 Å². The van der Waals surface area contributed by atoms with Crippen molar-refractivity contribution in [1.29, 1.82) is 5.26 Å². The lowest BCUT2D eigenvalue weighted by molar-refractivity contribution is -0.136. The molecule has 1 rings (SSSR count). The summed E-state index contributed by atoms with van der Waals surface area (Å²) in [6.45, 7) is 0. The molecule has 1 aromatic carbocycles. The molecule has 0 aliphatic heterocycles. The zero-order valence-electron chi connectivity index (χ0n) is 7.33. The van der Waals surface area contributed by atoms with Gasteiger partial charge in [-0.25, -0.2) is 0 Å². The van der Waals surface area contributed by atoms with Crippen molar-refractivity contribution < 1.29 is 9.90 Å². The number of carboxylic acid groups (broad SMARTS) is 1. The molecule has 1 aromatic rings. The maximum absolute atomic E-state index is 10.3. The number of nitrogens with zero attached hydrogens (tertiary/aromatic N) is 1. The molecule has 0 atom stereocenters. The van der Waals surface area contributed by atoms with E-state index in [0.29, 0.717) is 12.0 Å². The molecular formula is C10H8BrNO2. The molecule has 0 radical (unpaired) electrons. The van der Waals surface area contributed by atoms with E-state index in [4.69, 9.17) is 10.4 Å². The van der Waals surface area contributed by atoms with E-state index in [0.717, 1.165) is 10.0 Å². The minimum Gasteiger partial charge on any atom is -0.481 e. The number of nitriles is 1. The van der Waals surface area contributed by atoms with Gasteiger partial charge in [-0.2, -0.15) is 5.26 Å². The van der Waals surface area contributed by atoms with Crippen molar-refractivity contribution in [2.24, 2.45) is 0 Å². The van der Waals surface area contributed by atoms with Crippen LogP contribution in [0, 0.1) is 11.3 Å². The van der Waals surface area contributed by atoms with Crippen LogP contribution in [0.1, 0.15) is 17.5 Å². The molecule has 0 amide bonds. The Balaban J connectivity index is 2.87. The third-order valence-corrected chi connectivity index (χ3v) is 2.29. The molecule has 0 fully saturated rings. The van der Waals surface area contributed by atoms with Gasteiger partial charge in [0.2, 0.25) is 0 Å². The van der Waals surface area contributed by atoms with Gasteiger partial charge < -0.3 is 5.11 Å². The van der Waals surface area contributed by atoms with E-state index in [1.807, 2.05) is 6.07 Å². The number of aliphatic carboxylic acids is 1. The lowest BCUT2D eigenvalue weighted by atomic mass is 10.0. The van der Waals surface area contributed by atoms with Gasteiger partial charge in [0.15, 0.2) is 0 Å². The fourth-order valence-corrected chi connectivity index (χ4v) is 1.47. The zero-order valence-corrected chi connectivity index (χ0v) is 8.91. The highest BCUT2D eigenvalue weighted by molar-refractivity contribution is 9.10. The molecule has 0 spiro atoms. The van der Waals surface area contributed by atoms with Crippen LogP contribution >= 0.6 is 15.9 Å². The molecule has 0 aliphatic rings. The van der Waals surface area contributed by atoms with Gasteiger partial charge in [0.25, 0.3) is 0 Å². The van der Waals surface area contributed by atoms with Crippen LogP contribution in [0.15, 0.2) is 22.7 Å². The van der Waals surface area contributed by atoms with E-state index < -0.39 is 5.97 Å². The SMILES string of the molecule is N#Cc1cc(Br)ccc1CCC(=O)O. The van der Waals surface area contributed by atoms with Crippen LogP contribution in [0.25, 0.3) is 0 Å². The van der Waals surface area contributed by atoms with Crippen LogP contribution in [-0.2, 0) is 11.2 Å². The number of rotatable bonds is 3. The van der Waals surface area contributed by atoms with Crippen molar-refractivity contribution in [1.82, 2.24) is 0 Å². The van der Waals surface area contributed by atoms with Gasteiger partial charge in [-0.3, -0.25) is 4.79 Å². The second-order valence-electron chi connectivity index (χ2n) is 2.81. The molecule has 0 saturated carbocycles. The minimum absolute atomic E-state index is 0.0519. The lowest BCUT2D eigenvalue weighted by Gasteiger charge is -2.01. The summed E-state index contributed by atoms with van der Waals surface area (Å²) in [4.78, 5) is 10.3. The first-order valence-corrected chi connectivity index (χ1v) is 4.83. The van der Waals surface area contributed by atoms with Gasteiger partial charge >= 0.3 is 5.97 Å². The van der Waals surface area contributed by atoms with Gasteiger partial charge in [0.05, 0.1) is 11.6 Å². The van der Waals surface area contributed by atoms with Crippen molar-refractivity contribution in [3.63, 3.8) is 0 Å². The fraction of sp³-hybridized carbons (Fsp3) is 0.200. The van der Waals surface area contributed by atoms with E-state index in [2.05, 4.69) is 15.9 Å². The zero-order chi connectivity index (χ0) is 10.6. The first-order chi connectivity index (χ1) is 6.63. The van der Waals surface area contributed by atoms with Gasteiger partial charge in [-0.1, -0.05) is 22.0 Å². The van der Waals surface area contributed by atoms with Crippen LogP contribution in [0.4, 0.5) is 0 Å². The molecule has 0 aromatic heterocycles. The maximum Gasteiger partial charge on any atom is 0.303 e. The summed E-state index contributed by atoms with van der Waals surface area (Å²) in [6, 6.07) is 7.30. The largest absolute Gasteiger partial charge is 0.481 e. The van der Waals surface area contributed by atoms with Crippen LogP contribution in [0.5, 0.6) is 0 Å². The average molecular weight is 254 g/mol. The number of aryl methyl sites for hydroxylation is 1. The van der Waals surface area contributed by atoms with E-state index in [-0.39, 0.29) is 6.42 Å². The summed E-state index contributed by atoms with van der Waals surface area (Å²) in [6.07, 6.45) is 0.446. The highest BCUT2D eigenvalue weighted by Gasteiger charge is 2.04. The summed E-state index contributed by atoms with van der Waals surface area (Å²) in [5.74, 6) is -0.850. The summed E-state index contributed by atoms with van der Waals surface area (Å²) >= 11 is 3.25. The first kappa shape index (κ1) is 10.7. The lowest BCUT2D eigenvalue weighted by Crippen LogP contribution is -1.99. The Hall–Kier alpha value is -1.34. The predicted octanol–water partition coefficient (Wildman–Crippen LogP) is 2.34. The molecule has 0 saturated heterocycles. The molecule has 14 heavy (non-hydrogen) atoms. The Morgan fingerprint density at radius 1 is 1.57 bits per heavy atom. The number of hydrogen-bond acceptors (Lipinski definition) is 2. The highest BCUT2D eigenvalue weighted by Crippen LogP contribution is 2.17. The fourth-order valence-electron chi connectivity index (χ4n) is 1.11. The molecule has 0 aliphatic carbocycles. The molecule has 0 unspecified atom stereocenters. The standard InChI is InChI=1S/C10H8BrNO2/c11-9-3-1-7(2-4-10(13)14)8(5-9)6-12/h1,3,5H,2,4H2,(H,13,14). The van der Waals surface area contributed by atoms with Crippen molar-refractivity contribution >= 4 is 21.9 Å². The van der Waals surface area contributed by atoms with Gasteiger partial charge in [-0.15, -0.1) is 0 Å². The minimum atomic E-state index is -0.850. The van der Waals surface area contributed by atoms with Crippen molar-refractivity contribution in [3.8, 4) is 6.07 Å².